The standard InChI is InChI=1S/C19H12N4O4S/c24-18-15(9-13-5-1-2-7-17(13)27-18)16-11-28-19(21-16)22-20-10-12-4-3-6-14(8-12)23(25)26/h1-11H,(H,21,22)/b20-10-. The smallest absolute Gasteiger partial charge is 0.345 e. The van der Waals surface area contributed by atoms with Gasteiger partial charge in [0.05, 0.1) is 22.4 Å². The minimum atomic E-state index is -0.465. The Morgan fingerprint density at radius 2 is 2.04 bits per heavy atom. The average molecular weight is 392 g/mol. The third-order valence-electron chi connectivity index (χ3n) is 3.88. The molecule has 0 spiro atoms. The van der Waals surface area contributed by atoms with Crippen molar-refractivity contribution in [1.29, 1.82) is 0 Å². The van der Waals surface area contributed by atoms with Crippen LogP contribution in [0.2, 0.25) is 0 Å². The number of fused-ring (bicyclic) bond motifs is 1. The summed E-state index contributed by atoms with van der Waals surface area (Å²) >= 11 is 1.28. The van der Waals surface area contributed by atoms with Crippen LogP contribution in [0, 0.1) is 10.1 Å². The SMILES string of the molecule is O=c1oc2ccccc2cc1-c1csc(N/N=C\c2cccc([N+](=O)[O-])c2)n1. The summed E-state index contributed by atoms with van der Waals surface area (Å²) in [6, 6.07) is 15.1. The number of non-ortho nitro benzene ring substituents is 1. The summed E-state index contributed by atoms with van der Waals surface area (Å²) in [5.74, 6) is 0. The second-order valence-corrected chi connectivity index (χ2v) is 6.60. The lowest BCUT2D eigenvalue weighted by molar-refractivity contribution is -0.384. The van der Waals surface area contributed by atoms with Gasteiger partial charge in [0.1, 0.15) is 5.58 Å². The van der Waals surface area contributed by atoms with E-state index in [0.717, 1.165) is 5.39 Å². The van der Waals surface area contributed by atoms with Crippen LogP contribution in [0.1, 0.15) is 5.56 Å². The molecular weight excluding hydrogens is 380 g/mol. The summed E-state index contributed by atoms with van der Waals surface area (Å²) < 4.78 is 5.33. The van der Waals surface area contributed by atoms with Crippen LogP contribution in [0.25, 0.3) is 22.2 Å². The fourth-order valence-corrected chi connectivity index (χ4v) is 3.23. The average Bonchev–Trinajstić information content (AvgIpc) is 3.16. The second kappa shape index (κ2) is 7.41. The topological polar surface area (TPSA) is 111 Å². The molecular formula is C19H12N4O4S. The number of nitrogens with one attached hydrogen (secondary N) is 1. The third kappa shape index (κ3) is 3.64. The van der Waals surface area contributed by atoms with Crippen LogP contribution in [0.3, 0.4) is 0 Å². The number of para-hydroxylation sites is 1. The molecule has 0 saturated heterocycles. The van der Waals surface area contributed by atoms with Gasteiger partial charge in [-0.1, -0.05) is 30.3 Å². The zero-order valence-electron chi connectivity index (χ0n) is 14.2. The predicted octanol–water partition coefficient (Wildman–Crippen LogP) is 4.27. The molecule has 0 unspecified atom stereocenters. The lowest BCUT2D eigenvalue weighted by Gasteiger charge is -1.99. The van der Waals surface area contributed by atoms with E-state index in [2.05, 4.69) is 15.5 Å². The van der Waals surface area contributed by atoms with Crippen LogP contribution < -0.4 is 11.1 Å². The van der Waals surface area contributed by atoms with E-state index in [9.17, 15) is 14.9 Å². The Bertz CT molecular complexity index is 1260. The van der Waals surface area contributed by atoms with Crippen molar-refractivity contribution in [3.63, 3.8) is 0 Å². The summed E-state index contributed by atoms with van der Waals surface area (Å²) in [6.07, 6.45) is 1.46. The van der Waals surface area contributed by atoms with Gasteiger partial charge < -0.3 is 4.42 Å². The number of nitro benzene ring substituents is 1. The Balaban J connectivity index is 1.54. The molecule has 8 nitrogen and oxygen atoms in total. The van der Waals surface area contributed by atoms with Gasteiger partial charge in [0.2, 0.25) is 5.13 Å². The van der Waals surface area contributed by atoms with Gasteiger partial charge in [-0.15, -0.1) is 11.3 Å². The molecule has 2 aromatic heterocycles. The van der Waals surface area contributed by atoms with E-state index in [1.54, 1.807) is 35.7 Å². The third-order valence-corrected chi connectivity index (χ3v) is 4.62. The number of hydrogen-bond acceptors (Lipinski definition) is 8. The number of aromatic nitrogens is 1. The highest BCUT2D eigenvalue weighted by molar-refractivity contribution is 7.14. The van der Waals surface area contributed by atoms with Gasteiger partial charge in [0.25, 0.3) is 5.69 Å². The van der Waals surface area contributed by atoms with Crippen LogP contribution in [0.4, 0.5) is 10.8 Å². The quantitative estimate of drug-likeness (QED) is 0.235. The normalized spacial score (nSPS) is 11.1. The maximum absolute atomic E-state index is 12.2. The zero-order chi connectivity index (χ0) is 19.5. The van der Waals surface area contributed by atoms with Gasteiger partial charge in [0.15, 0.2) is 0 Å². The van der Waals surface area contributed by atoms with Crippen LogP contribution >= 0.6 is 11.3 Å². The molecule has 1 N–H and O–H groups in total. The van der Waals surface area contributed by atoms with Crippen LogP contribution in [-0.4, -0.2) is 16.1 Å². The summed E-state index contributed by atoms with van der Waals surface area (Å²) in [4.78, 5) is 26.9. The van der Waals surface area contributed by atoms with Crippen molar-refractivity contribution in [3.05, 3.63) is 86.1 Å². The molecule has 0 saturated carbocycles. The number of nitrogens with zero attached hydrogens (tertiary/aromatic N) is 3. The molecule has 9 heteroatoms. The molecule has 0 aliphatic carbocycles. The van der Waals surface area contributed by atoms with Crippen molar-refractivity contribution >= 4 is 39.3 Å². The minimum absolute atomic E-state index is 0.0106. The fourth-order valence-electron chi connectivity index (χ4n) is 2.57. The summed E-state index contributed by atoms with van der Waals surface area (Å²) in [5.41, 5.74) is 4.24. The van der Waals surface area contributed by atoms with Gasteiger partial charge in [-0.05, 0) is 12.1 Å². The van der Waals surface area contributed by atoms with E-state index in [1.165, 1.54) is 29.7 Å². The second-order valence-electron chi connectivity index (χ2n) is 5.75. The van der Waals surface area contributed by atoms with E-state index >= 15 is 0 Å². The Kier molecular flexibility index (Phi) is 4.65. The number of hydrazone groups is 1. The number of thiazole rings is 1. The van der Waals surface area contributed by atoms with Crippen molar-refractivity contribution in [2.24, 2.45) is 5.10 Å². The number of benzene rings is 2. The lowest BCUT2D eigenvalue weighted by Crippen LogP contribution is -2.02. The first-order valence-electron chi connectivity index (χ1n) is 8.12. The van der Waals surface area contributed by atoms with Crippen LogP contribution in [0.15, 0.2) is 74.3 Å². The number of nitro groups is 1. The monoisotopic (exact) mass is 392 g/mol. The highest BCUT2D eigenvalue weighted by atomic mass is 32.1. The molecule has 0 bridgehead atoms. The molecule has 0 aliphatic heterocycles. The van der Waals surface area contributed by atoms with E-state index in [4.69, 9.17) is 4.42 Å². The Morgan fingerprint density at radius 3 is 2.89 bits per heavy atom. The van der Waals surface area contributed by atoms with Crippen LogP contribution in [0.5, 0.6) is 0 Å². The molecule has 4 rings (SSSR count). The van der Waals surface area contributed by atoms with E-state index in [0.29, 0.717) is 27.5 Å². The van der Waals surface area contributed by atoms with Crippen molar-refractivity contribution in [1.82, 2.24) is 4.98 Å². The Morgan fingerprint density at radius 1 is 1.18 bits per heavy atom. The summed E-state index contributed by atoms with van der Waals surface area (Å²) in [7, 11) is 0. The van der Waals surface area contributed by atoms with Crippen molar-refractivity contribution < 1.29 is 9.34 Å². The van der Waals surface area contributed by atoms with Gasteiger partial charge in [-0.2, -0.15) is 5.10 Å². The fraction of sp³-hybridized carbons (Fsp3) is 0. The first-order chi connectivity index (χ1) is 13.6. The number of hydrogen-bond donors (Lipinski definition) is 1. The molecule has 0 amide bonds. The van der Waals surface area contributed by atoms with Gasteiger partial charge in [-0.3, -0.25) is 15.5 Å². The number of anilines is 1. The largest absolute Gasteiger partial charge is 0.422 e. The zero-order valence-corrected chi connectivity index (χ0v) is 15.1. The van der Waals surface area contributed by atoms with Crippen molar-refractivity contribution in [2.45, 2.75) is 0 Å². The van der Waals surface area contributed by atoms with E-state index in [1.807, 2.05) is 12.1 Å². The van der Waals surface area contributed by atoms with Crippen LogP contribution in [-0.2, 0) is 0 Å². The molecule has 2 heterocycles. The van der Waals surface area contributed by atoms with Crippen molar-refractivity contribution in [2.75, 3.05) is 5.43 Å². The first-order valence-corrected chi connectivity index (χ1v) is 9.00. The van der Waals surface area contributed by atoms with E-state index < -0.39 is 10.5 Å². The van der Waals surface area contributed by atoms with Crippen molar-refractivity contribution in [3.8, 4) is 11.3 Å². The Labute approximate surface area is 161 Å². The van der Waals surface area contributed by atoms with E-state index in [-0.39, 0.29) is 5.69 Å². The lowest BCUT2D eigenvalue weighted by atomic mass is 10.1. The molecule has 2 aromatic carbocycles. The van der Waals surface area contributed by atoms with Gasteiger partial charge >= 0.3 is 5.63 Å². The highest BCUT2D eigenvalue weighted by Crippen LogP contribution is 2.25. The minimum Gasteiger partial charge on any atom is -0.422 e. The maximum atomic E-state index is 12.2. The predicted molar refractivity (Wildman–Crippen MR) is 108 cm³/mol. The molecule has 0 aliphatic rings. The van der Waals surface area contributed by atoms with Gasteiger partial charge in [0, 0.05) is 28.5 Å². The molecule has 138 valence electrons. The molecule has 0 radical (unpaired) electrons. The first kappa shape index (κ1) is 17.6. The summed E-state index contributed by atoms with van der Waals surface area (Å²) in [6.45, 7) is 0. The van der Waals surface area contributed by atoms with Gasteiger partial charge in [-0.25, -0.2) is 9.78 Å². The highest BCUT2D eigenvalue weighted by Gasteiger charge is 2.11. The molecule has 4 aromatic rings. The summed E-state index contributed by atoms with van der Waals surface area (Å²) in [5, 5.41) is 17.9. The molecule has 28 heavy (non-hydrogen) atoms. The maximum Gasteiger partial charge on any atom is 0.345 e. The molecule has 0 fully saturated rings. The Hall–Kier alpha value is -3.85. The molecule has 0 atom stereocenters. The number of rotatable bonds is 5.